The molecular weight excluding hydrogens is 198 g/mol. The Morgan fingerprint density at radius 1 is 1.67 bits per heavy atom. The number of carbonyl (C=O) groups is 1. The van der Waals surface area contributed by atoms with Gasteiger partial charge in [0, 0.05) is 7.05 Å². The average molecular weight is 207 g/mol. The lowest BCUT2D eigenvalue weighted by atomic mass is 10.4. The van der Waals surface area contributed by atoms with Gasteiger partial charge in [-0.15, -0.1) is 10.2 Å². The Bertz CT molecular complexity index is 446. The van der Waals surface area contributed by atoms with Crippen LogP contribution >= 0.6 is 0 Å². The van der Waals surface area contributed by atoms with Crippen molar-refractivity contribution in [3.63, 3.8) is 0 Å². The van der Waals surface area contributed by atoms with Gasteiger partial charge in [0.15, 0.2) is 11.5 Å². The normalized spacial score (nSPS) is 10.2. The zero-order valence-electron chi connectivity index (χ0n) is 8.01. The summed E-state index contributed by atoms with van der Waals surface area (Å²) in [6.07, 6.45) is 2.92. The Morgan fingerprint density at radius 3 is 3.13 bits per heavy atom. The highest BCUT2D eigenvalue weighted by atomic mass is 16.2. The number of aromatic nitrogens is 6. The van der Waals surface area contributed by atoms with Gasteiger partial charge in [-0.1, -0.05) is 0 Å². The van der Waals surface area contributed by atoms with Crippen molar-refractivity contribution >= 4 is 5.91 Å². The second kappa shape index (κ2) is 3.86. The Labute approximate surface area is 84.7 Å². The van der Waals surface area contributed by atoms with E-state index in [0.717, 1.165) is 0 Å². The van der Waals surface area contributed by atoms with Crippen LogP contribution < -0.4 is 5.32 Å². The number of aromatic amines is 1. The van der Waals surface area contributed by atoms with Gasteiger partial charge in [0.05, 0.1) is 12.7 Å². The lowest BCUT2D eigenvalue weighted by Crippen LogP contribution is -2.24. The number of nitrogens with one attached hydrogen (secondary N) is 2. The van der Waals surface area contributed by atoms with Crippen LogP contribution in [0.25, 0.3) is 0 Å². The van der Waals surface area contributed by atoms with Crippen molar-refractivity contribution in [2.75, 3.05) is 0 Å². The predicted molar refractivity (Wildman–Crippen MR) is 48.6 cm³/mol. The zero-order chi connectivity index (χ0) is 10.7. The largest absolute Gasteiger partial charge is 0.343 e. The highest BCUT2D eigenvalue weighted by Crippen LogP contribution is 1.93. The fourth-order valence-electron chi connectivity index (χ4n) is 1.03. The first-order valence-corrected chi connectivity index (χ1v) is 4.24. The molecule has 0 bridgehead atoms. The van der Waals surface area contributed by atoms with Gasteiger partial charge in [-0.3, -0.25) is 4.79 Å². The molecular formula is C7H9N7O. The molecule has 1 amide bonds. The van der Waals surface area contributed by atoms with Gasteiger partial charge in [-0.05, 0) is 0 Å². The number of rotatable bonds is 3. The number of hydrogen-bond donors (Lipinski definition) is 2. The topological polar surface area (TPSA) is 101 Å². The van der Waals surface area contributed by atoms with Gasteiger partial charge in [0.25, 0.3) is 5.91 Å². The highest BCUT2D eigenvalue weighted by molar-refractivity contribution is 5.91. The van der Waals surface area contributed by atoms with E-state index in [0.29, 0.717) is 12.4 Å². The van der Waals surface area contributed by atoms with Crippen molar-refractivity contribution in [2.24, 2.45) is 7.05 Å². The minimum atomic E-state index is -0.299. The Morgan fingerprint density at radius 2 is 2.53 bits per heavy atom. The van der Waals surface area contributed by atoms with Gasteiger partial charge in [0.1, 0.15) is 6.33 Å². The summed E-state index contributed by atoms with van der Waals surface area (Å²) in [6, 6.07) is 0. The lowest BCUT2D eigenvalue weighted by Gasteiger charge is -2.01. The van der Waals surface area contributed by atoms with Crippen molar-refractivity contribution in [1.82, 2.24) is 35.5 Å². The van der Waals surface area contributed by atoms with Crippen LogP contribution in [0.15, 0.2) is 12.5 Å². The van der Waals surface area contributed by atoms with Crippen molar-refractivity contribution < 1.29 is 4.79 Å². The van der Waals surface area contributed by atoms with E-state index in [1.807, 2.05) is 0 Å². The maximum Gasteiger partial charge on any atom is 0.273 e. The number of aryl methyl sites for hydroxylation is 1. The fourth-order valence-corrected chi connectivity index (χ4v) is 1.03. The fraction of sp³-hybridized carbons (Fsp3) is 0.286. The van der Waals surface area contributed by atoms with Crippen molar-refractivity contribution in [1.29, 1.82) is 0 Å². The van der Waals surface area contributed by atoms with Gasteiger partial charge in [-0.2, -0.15) is 15.4 Å². The van der Waals surface area contributed by atoms with Crippen molar-refractivity contribution in [3.05, 3.63) is 24.0 Å². The molecule has 0 radical (unpaired) electrons. The third kappa shape index (κ3) is 1.98. The molecule has 0 aromatic carbocycles. The Hall–Kier alpha value is -2.25. The number of carbonyl (C=O) groups excluding carboxylic acids is 1. The molecule has 8 heteroatoms. The van der Waals surface area contributed by atoms with E-state index in [9.17, 15) is 4.79 Å². The molecule has 0 aliphatic rings. The molecule has 0 saturated carbocycles. The van der Waals surface area contributed by atoms with Crippen LogP contribution in [0.1, 0.15) is 16.3 Å². The Balaban J connectivity index is 1.95. The molecule has 78 valence electrons. The molecule has 2 N–H and O–H groups in total. The molecule has 2 heterocycles. The Kier molecular flexibility index (Phi) is 2.40. The van der Waals surface area contributed by atoms with E-state index in [1.165, 1.54) is 6.20 Å². The van der Waals surface area contributed by atoms with Crippen LogP contribution in [0.4, 0.5) is 0 Å². The van der Waals surface area contributed by atoms with Crippen molar-refractivity contribution in [2.45, 2.75) is 6.54 Å². The SMILES string of the molecule is Cn1cnnc1CNC(=O)c1cn[nH]n1. The van der Waals surface area contributed by atoms with E-state index < -0.39 is 0 Å². The van der Waals surface area contributed by atoms with E-state index >= 15 is 0 Å². The molecule has 2 rings (SSSR count). The predicted octanol–water partition coefficient (Wildman–Crippen LogP) is -1.14. The summed E-state index contributed by atoms with van der Waals surface area (Å²) < 4.78 is 1.73. The quantitative estimate of drug-likeness (QED) is 0.662. The van der Waals surface area contributed by atoms with Crippen LogP contribution in [0, 0.1) is 0 Å². The number of amides is 1. The van der Waals surface area contributed by atoms with Gasteiger partial charge in [-0.25, -0.2) is 0 Å². The van der Waals surface area contributed by atoms with Crippen LogP contribution in [-0.4, -0.2) is 36.1 Å². The smallest absolute Gasteiger partial charge is 0.273 e. The summed E-state index contributed by atoms with van der Waals surface area (Å²) in [4.78, 5) is 11.4. The van der Waals surface area contributed by atoms with E-state index in [-0.39, 0.29) is 11.6 Å². The molecule has 2 aromatic heterocycles. The first-order chi connectivity index (χ1) is 7.27. The maximum atomic E-state index is 11.4. The molecule has 0 unspecified atom stereocenters. The molecule has 0 fully saturated rings. The van der Waals surface area contributed by atoms with E-state index in [1.54, 1.807) is 17.9 Å². The van der Waals surface area contributed by atoms with Crippen LogP contribution in [0.5, 0.6) is 0 Å². The lowest BCUT2D eigenvalue weighted by molar-refractivity contribution is 0.0944. The summed E-state index contributed by atoms with van der Waals surface area (Å²) in [5.74, 6) is 0.374. The first-order valence-electron chi connectivity index (χ1n) is 4.24. The maximum absolute atomic E-state index is 11.4. The molecule has 0 aliphatic heterocycles. The number of hydrogen-bond acceptors (Lipinski definition) is 5. The average Bonchev–Trinajstić information content (AvgIpc) is 2.85. The van der Waals surface area contributed by atoms with Crippen LogP contribution in [0.3, 0.4) is 0 Å². The molecule has 8 nitrogen and oxygen atoms in total. The second-order valence-corrected chi connectivity index (χ2v) is 2.90. The number of H-pyrrole nitrogens is 1. The molecule has 2 aromatic rings. The summed E-state index contributed by atoms with van der Waals surface area (Å²) in [5.41, 5.74) is 0.247. The summed E-state index contributed by atoms with van der Waals surface area (Å²) in [5, 5.41) is 19.7. The molecule has 15 heavy (non-hydrogen) atoms. The summed E-state index contributed by atoms with van der Waals surface area (Å²) in [6.45, 7) is 0.308. The van der Waals surface area contributed by atoms with Gasteiger partial charge >= 0.3 is 0 Å². The molecule has 0 spiro atoms. The minimum absolute atomic E-state index is 0.247. The van der Waals surface area contributed by atoms with Gasteiger partial charge < -0.3 is 9.88 Å². The summed E-state index contributed by atoms with van der Waals surface area (Å²) in [7, 11) is 1.80. The van der Waals surface area contributed by atoms with E-state index in [4.69, 9.17) is 0 Å². The molecule has 0 saturated heterocycles. The highest BCUT2D eigenvalue weighted by Gasteiger charge is 2.09. The third-order valence-electron chi connectivity index (χ3n) is 1.86. The van der Waals surface area contributed by atoms with Crippen molar-refractivity contribution in [3.8, 4) is 0 Å². The second-order valence-electron chi connectivity index (χ2n) is 2.90. The zero-order valence-corrected chi connectivity index (χ0v) is 8.01. The van der Waals surface area contributed by atoms with E-state index in [2.05, 4.69) is 30.9 Å². The monoisotopic (exact) mass is 207 g/mol. The van der Waals surface area contributed by atoms with Crippen LogP contribution in [0.2, 0.25) is 0 Å². The van der Waals surface area contributed by atoms with Crippen LogP contribution in [-0.2, 0) is 13.6 Å². The standard InChI is InChI=1S/C7H9N7O/c1-14-4-10-12-6(14)3-8-7(15)5-2-9-13-11-5/h2,4H,3H2,1H3,(H,8,15)(H,9,11,13). The number of nitrogens with zero attached hydrogens (tertiary/aromatic N) is 5. The third-order valence-corrected chi connectivity index (χ3v) is 1.86. The van der Waals surface area contributed by atoms with Gasteiger partial charge in [0.2, 0.25) is 0 Å². The molecule has 0 aliphatic carbocycles. The molecule has 0 atom stereocenters. The first kappa shape index (κ1) is 9.31. The summed E-state index contributed by atoms with van der Waals surface area (Å²) >= 11 is 0. The minimum Gasteiger partial charge on any atom is -0.343 e.